The smallest absolute Gasteiger partial charge is 0.237 e. The van der Waals surface area contributed by atoms with Gasteiger partial charge in [-0.1, -0.05) is 12.8 Å². The number of halogens is 1. The first kappa shape index (κ1) is 13.3. The van der Waals surface area contributed by atoms with E-state index in [2.05, 4.69) is 20.9 Å². The van der Waals surface area contributed by atoms with Gasteiger partial charge in [0.15, 0.2) is 0 Å². The number of hydrogen-bond donors (Lipinski definition) is 1. The zero-order valence-corrected chi connectivity index (χ0v) is 12.1. The summed E-state index contributed by atoms with van der Waals surface area (Å²) in [6.07, 6.45) is 6.46. The Morgan fingerprint density at radius 3 is 2.78 bits per heavy atom. The number of anilines is 1. The summed E-state index contributed by atoms with van der Waals surface area (Å²) in [5.74, 6) is 0.516. The van der Waals surface area contributed by atoms with Crippen LogP contribution in [-0.4, -0.2) is 23.5 Å². The number of primary amides is 1. The second-order valence-electron chi connectivity index (χ2n) is 4.85. The molecule has 0 spiro atoms. The fourth-order valence-corrected chi connectivity index (χ4v) is 3.19. The van der Waals surface area contributed by atoms with Gasteiger partial charge in [-0.2, -0.15) is 0 Å². The molecular formula is C13H18BrN3O. The molecule has 0 unspecified atom stereocenters. The van der Waals surface area contributed by atoms with Crippen molar-refractivity contribution in [3.63, 3.8) is 0 Å². The first-order valence-corrected chi connectivity index (χ1v) is 7.04. The highest BCUT2D eigenvalue weighted by atomic mass is 79.9. The lowest BCUT2D eigenvalue weighted by molar-refractivity contribution is -0.116. The van der Waals surface area contributed by atoms with Gasteiger partial charge in [-0.05, 0) is 47.3 Å². The highest BCUT2D eigenvalue weighted by Gasteiger charge is 2.26. The number of hydrogen-bond acceptors (Lipinski definition) is 3. The highest BCUT2D eigenvalue weighted by Crippen LogP contribution is 2.31. The maximum absolute atomic E-state index is 11.3. The molecule has 0 radical (unpaired) electrons. The van der Waals surface area contributed by atoms with Gasteiger partial charge in [0.05, 0.1) is 11.0 Å². The third kappa shape index (κ3) is 3.02. The molecule has 98 valence electrons. The van der Waals surface area contributed by atoms with E-state index in [0.29, 0.717) is 6.04 Å². The van der Waals surface area contributed by atoms with Crippen LogP contribution in [0.1, 0.15) is 31.2 Å². The van der Waals surface area contributed by atoms with E-state index in [-0.39, 0.29) is 12.5 Å². The molecule has 0 atom stereocenters. The second kappa shape index (κ2) is 5.69. The van der Waals surface area contributed by atoms with Crippen molar-refractivity contribution in [3.05, 3.63) is 22.3 Å². The van der Waals surface area contributed by atoms with Crippen molar-refractivity contribution in [2.75, 3.05) is 11.4 Å². The van der Waals surface area contributed by atoms with Gasteiger partial charge in [-0.25, -0.2) is 4.98 Å². The van der Waals surface area contributed by atoms with Crippen LogP contribution < -0.4 is 10.6 Å². The number of aromatic nitrogens is 1. The minimum absolute atomic E-state index is 0.235. The zero-order chi connectivity index (χ0) is 13.1. The summed E-state index contributed by atoms with van der Waals surface area (Å²) in [6.45, 7) is 2.23. The van der Waals surface area contributed by atoms with Crippen LogP contribution in [0.4, 0.5) is 5.82 Å². The predicted molar refractivity (Wildman–Crippen MR) is 75.5 cm³/mol. The molecule has 0 aromatic carbocycles. The molecule has 18 heavy (non-hydrogen) atoms. The Labute approximate surface area is 116 Å². The van der Waals surface area contributed by atoms with Crippen molar-refractivity contribution >= 4 is 27.7 Å². The van der Waals surface area contributed by atoms with Crippen molar-refractivity contribution < 1.29 is 4.79 Å². The molecule has 4 nitrogen and oxygen atoms in total. The fourth-order valence-electron chi connectivity index (χ4n) is 2.50. The molecule has 1 fully saturated rings. The zero-order valence-electron chi connectivity index (χ0n) is 10.5. The summed E-state index contributed by atoms with van der Waals surface area (Å²) in [5.41, 5.74) is 6.45. The van der Waals surface area contributed by atoms with E-state index < -0.39 is 0 Å². The van der Waals surface area contributed by atoms with E-state index in [4.69, 9.17) is 5.73 Å². The third-order valence-electron chi connectivity index (χ3n) is 3.32. The van der Waals surface area contributed by atoms with E-state index in [1.165, 1.54) is 12.8 Å². The molecule has 1 amide bonds. The molecule has 2 rings (SSSR count). The normalized spacial score (nSPS) is 15.9. The van der Waals surface area contributed by atoms with Crippen LogP contribution in [0.3, 0.4) is 0 Å². The first-order valence-electron chi connectivity index (χ1n) is 6.25. The van der Waals surface area contributed by atoms with Crippen molar-refractivity contribution in [1.29, 1.82) is 0 Å². The monoisotopic (exact) mass is 311 g/mol. The van der Waals surface area contributed by atoms with Crippen molar-refractivity contribution in [1.82, 2.24) is 4.98 Å². The van der Waals surface area contributed by atoms with Crippen LogP contribution >= 0.6 is 15.9 Å². The van der Waals surface area contributed by atoms with Gasteiger partial charge in [0, 0.05) is 12.2 Å². The molecular weight excluding hydrogens is 294 g/mol. The van der Waals surface area contributed by atoms with Gasteiger partial charge in [-0.15, -0.1) is 0 Å². The molecule has 1 aliphatic carbocycles. The fraction of sp³-hybridized carbons (Fsp3) is 0.538. The predicted octanol–water partition coefficient (Wildman–Crippen LogP) is 2.39. The molecule has 1 aliphatic rings. The number of carbonyl (C=O) groups is 1. The third-order valence-corrected chi connectivity index (χ3v) is 3.91. The molecule has 1 aromatic rings. The number of nitrogens with zero attached hydrogens (tertiary/aromatic N) is 2. The summed E-state index contributed by atoms with van der Waals surface area (Å²) in [7, 11) is 0. The SMILES string of the molecule is Cc1cnc(N(CC(N)=O)C2CCCC2)c(Br)c1. The van der Waals surface area contributed by atoms with Gasteiger partial charge in [-0.3, -0.25) is 4.79 Å². The Bertz CT molecular complexity index is 444. The summed E-state index contributed by atoms with van der Waals surface area (Å²) in [5, 5.41) is 0. The summed E-state index contributed by atoms with van der Waals surface area (Å²) in [6, 6.07) is 2.40. The van der Waals surface area contributed by atoms with Crippen molar-refractivity contribution in [2.24, 2.45) is 5.73 Å². The van der Waals surface area contributed by atoms with Crippen LogP contribution in [-0.2, 0) is 4.79 Å². The molecule has 0 saturated heterocycles. The summed E-state index contributed by atoms with van der Waals surface area (Å²) in [4.78, 5) is 17.7. The number of aryl methyl sites for hydroxylation is 1. The Hall–Kier alpha value is -1.10. The average molecular weight is 312 g/mol. The molecule has 5 heteroatoms. The van der Waals surface area contributed by atoms with Gasteiger partial charge < -0.3 is 10.6 Å². The lowest BCUT2D eigenvalue weighted by atomic mass is 10.2. The van der Waals surface area contributed by atoms with Crippen molar-refractivity contribution in [3.8, 4) is 0 Å². The summed E-state index contributed by atoms with van der Waals surface area (Å²) < 4.78 is 0.927. The summed E-state index contributed by atoms with van der Waals surface area (Å²) >= 11 is 3.53. The average Bonchev–Trinajstić information content (AvgIpc) is 2.79. The van der Waals surface area contributed by atoms with Gasteiger partial charge in [0.1, 0.15) is 5.82 Å². The van der Waals surface area contributed by atoms with E-state index in [1.54, 1.807) is 0 Å². The van der Waals surface area contributed by atoms with E-state index in [9.17, 15) is 4.79 Å². The molecule has 0 aliphatic heterocycles. The van der Waals surface area contributed by atoms with Crippen molar-refractivity contribution in [2.45, 2.75) is 38.6 Å². The highest BCUT2D eigenvalue weighted by molar-refractivity contribution is 9.10. The lowest BCUT2D eigenvalue weighted by Gasteiger charge is -2.29. The van der Waals surface area contributed by atoms with E-state index in [0.717, 1.165) is 28.7 Å². The standard InChI is InChI=1S/C13H18BrN3O/c1-9-6-11(14)13(16-7-9)17(8-12(15)18)10-4-2-3-5-10/h6-7,10H,2-5,8H2,1H3,(H2,15,18). The molecule has 1 heterocycles. The maximum Gasteiger partial charge on any atom is 0.237 e. The number of pyridine rings is 1. The Morgan fingerprint density at radius 1 is 1.56 bits per heavy atom. The van der Waals surface area contributed by atoms with Gasteiger partial charge >= 0.3 is 0 Å². The number of nitrogens with two attached hydrogens (primary N) is 1. The topological polar surface area (TPSA) is 59.2 Å². The minimum atomic E-state index is -0.309. The molecule has 0 bridgehead atoms. The van der Waals surface area contributed by atoms with E-state index >= 15 is 0 Å². The maximum atomic E-state index is 11.3. The van der Waals surface area contributed by atoms with Gasteiger partial charge in [0.2, 0.25) is 5.91 Å². The Kier molecular flexibility index (Phi) is 4.22. The van der Waals surface area contributed by atoms with Crippen LogP contribution in [0.25, 0.3) is 0 Å². The van der Waals surface area contributed by atoms with Crippen LogP contribution in [0.5, 0.6) is 0 Å². The Balaban J connectivity index is 2.29. The number of rotatable bonds is 4. The molecule has 1 aromatic heterocycles. The lowest BCUT2D eigenvalue weighted by Crippen LogP contribution is -2.40. The van der Waals surface area contributed by atoms with Gasteiger partial charge in [0.25, 0.3) is 0 Å². The second-order valence-corrected chi connectivity index (χ2v) is 5.70. The quantitative estimate of drug-likeness (QED) is 0.928. The first-order chi connectivity index (χ1) is 8.58. The van der Waals surface area contributed by atoms with Crippen LogP contribution in [0.15, 0.2) is 16.7 Å². The van der Waals surface area contributed by atoms with Crippen LogP contribution in [0.2, 0.25) is 0 Å². The minimum Gasteiger partial charge on any atom is -0.368 e. The van der Waals surface area contributed by atoms with E-state index in [1.807, 2.05) is 24.1 Å². The molecule has 2 N–H and O–H groups in total. The number of carbonyl (C=O) groups excluding carboxylic acids is 1. The Morgan fingerprint density at radius 2 is 2.22 bits per heavy atom. The molecule has 1 saturated carbocycles. The largest absolute Gasteiger partial charge is 0.368 e. The van der Waals surface area contributed by atoms with Crippen LogP contribution in [0, 0.1) is 6.92 Å². The number of amides is 1.